The van der Waals surface area contributed by atoms with Crippen molar-refractivity contribution < 1.29 is 9.53 Å². The van der Waals surface area contributed by atoms with E-state index in [1.165, 1.54) is 11.3 Å². The molecule has 1 amide bonds. The monoisotopic (exact) mass is 361 g/mol. The first-order valence-corrected chi connectivity index (χ1v) is 7.69. The van der Waals surface area contributed by atoms with Crippen LogP contribution in [0.15, 0.2) is 29.6 Å². The van der Waals surface area contributed by atoms with Crippen molar-refractivity contribution in [3.05, 3.63) is 45.4 Å². The number of halogens is 2. The number of benzene rings is 1. The summed E-state index contributed by atoms with van der Waals surface area (Å²) in [6.45, 7) is 2.58. The first-order valence-electron chi connectivity index (χ1n) is 6.43. The first-order chi connectivity index (χ1) is 10.1. The maximum atomic E-state index is 11.9. The molecular weight excluding hydrogens is 345 g/mol. The summed E-state index contributed by atoms with van der Waals surface area (Å²) in [4.78, 5) is 16.0. The van der Waals surface area contributed by atoms with Crippen LogP contribution in [-0.4, -0.2) is 23.5 Å². The molecule has 0 aliphatic rings. The van der Waals surface area contributed by atoms with Gasteiger partial charge < -0.3 is 15.8 Å². The van der Waals surface area contributed by atoms with E-state index in [0.29, 0.717) is 29.6 Å². The SMILES string of the molecule is CC(CNC(=O)c1csc(CN)n1)Oc1cccc(Cl)c1.Cl. The van der Waals surface area contributed by atoms with Crippen LogP contribution >= 0.6 is 35.3 Å². The number of rotatable bonds is 6. The van der Waals surface area contributed by atoms with Crippen LogP contribution in [0.1, 0.15) is 22.4 Å². The third-order valence-electron chi connectivity index (χ3n) is 2.64. The third-order valence-corrected chi connectivity index (χ3v) is 3.75. The number of carbonyl (C=O) groups is 1. The van der Waals surface area contributed by atoms with Crippen LogP contribution in [0.3, 0.4) is 0 Å². The lowest BCUT2D eigenvalue weighted by atomic mass is 10.3. The van der Waals surface area contributed by atoms with Crippen molar-refractivity contribution in [1.29, 1.82) is 0 Å². The van der Waals surface area contributed by atoms with Gasteiger partial charge in [0.2, 0.25) is 0 Å². The molecule has 1 aromatic carbocycles. The van der Waals surface area contributed by atoms with E-state index >= 15 is 0 Å². The van der Waals surface area contributed by atoms with E-state index < -0.39 is 0 Å². The highest BCUT2D eigenvalue weighted by Crippen LogP contribution is 2.18. The fraction of sp³-hybridized carbons (Fsp3) is 0.286. The quantitative estimate of drug-likeness (QED) is 0.829. The zero-order chi connectivity index (χ0) is 15.2. The van der Waals surface area contributed by atoms with E-state index in [1.807, 2.05) is 19.1 Å². The molecule has 0 spiro atoms. The number of nitrogens with one attached hydrogen (secondary N) is 1. The molecule has 1 aromatic heterocycles. The molecule has 0 radical (unpaired) electrons. The fourth-order valence-corrected chi connectivity index (χ4v) is 2.49. The second-order valence-electron chi connectivity index (χ2n) is 4.43. The minimum absolute atomic E-state index is 0. The molecule has 8 heteroatoms. The number of nitrogens with two attached hydrogens (primary N) is 1. The van der Waals surface area contributed by atoms with E-state index in [4.69, 9.17) is 22.1 Å². The predicted octanol–water partition coefficient (Wildman–Crippen LogP) is 2.87. The van der Waals surface area contributed by atoms with Crippen molar-refractivity contribution in [2.45, 2.75) is 19.6 Å². The van der Waals surface area contributed by atoms with Gasteiger partial charge in [0.05, 0.1) is 6.54 Å². The normalized spacial score (nSPS) is 11.4. The molecule has 1 heterocycles. The van der Waals surface area contributed by atoms with Gasteiger partial charge in [-0.2, -0.15) is 0 Å². The summed E-state index contributed by atoms with van der Waals surface area (Å²) in [5.74, 6) is 0.441. The van der Waals surface area contributed by atoms with Crippen molar-refractivity contribution in [1.82, 2.24) is 10.3 Å². The third kappa shape index (κ3) is 5.46. The Hall–Kier alpha value is -1.34. The van der Waals surface area contributed by atoms with Crippen molar-refractivity contribution in [3.8, 4) is 5.75 Å². The molecule has 1 atom stereocenters. The Morgan fingerprint density at radius 3 is 2.95 bits per heavy atom. The first kappa shape index (κ1) is 18.7. The summed E-state index contributed by atoms with van der Waals surface area (Å²) in [5, 5.41) is 5.82. The molecule has 0 saturated carbocycles. The molecule has 22 heavy (non-hydrogen) atoms. The lowest BCUT2D eigenvalue weighted by molar-refractivity contribution is 0.0927. The zero-order valence-corrected chi connectivity index (χ0v) is 14.3. The van der Waals surface area contributed by atoms with Gasteiger partial charge in [0.15, 0.2) is 0 Å². The van der Waals surface area contributed by atoms with Crippen LogP contribution in [0.4, 0.5) is 0 Å². The molecule has 1 unspecified atom stereocenters. The number of aromatic nitrogens is 1. The molecule has 0 saturated heterocycles. The maximum absolute atomic E-state index is 11.9. The smallest absolute Gasteiger partial charge is 0.270 e. The molecule has 0 aliphatic heterocycles. The van der Waals surface area contributed by atoms with E-state index in [0.717, 1.165) is 5.01 Å². The van der Waals surface area contributed by atoms with Crippen LogP contribution in [0.5, 0.6) is 5.75 Å². The topological polar surface area (TPSA) is 77.2 Å². The van der Waals surface area contributed by atoms with Crippen molar-refractivity contribution in [2.24, 2.45) is 5.73 Å². The maximum Gasteiger partial charge on any atom is 0.270 e. The average Bonchev–Trinajstić information content (AvgIpc) is 2.94. The van der Waals surface area contributed by atoms with Crippen molar-refractivity contribution in [2.75, 3.05) is 6.54 Å². The summed E-state index contributed by atoms with van der Waals surface area (Å²) in [7, 11) is 0. The number of nitrogens with zero attached hydrogens (tertiary/aromatic N) is 1. The average molecular weight is 362 g/mol. The van der Waals surface area contributed by atoms with E-state index in [9.17, 15) is 4.79 Å². The second kappa shape index (κ2) is 8.95. The van der Waals surface area contributed by atoms with Crippen molar-refractivity contribution in [3.63, 3.8) is 0 Å². The Morgan fingerprint density at radius 2 is 2.32 bits per heavy atom. The molecular formula is C14H17Cl2N3O2S. The zero-order valence-electron chi connectivity index (χ0n) is 11.9. The van der Waals surface area contributed by atoms with E-state index in [-0.39, 0.29) is 24.4 Å². The lowest BCUT2D eigenvalue weighted by Gasteiger charge is -2.15. The summed E-state index contributed by atoms with van der Waals surface area (Å²) >= 11 is 7.26. The number of ether oxygens (including phenoxy) is 1. The summed E-state index contributed by atoms with van der Waals surface area (Å²) in [6.07, 6.45) is -0.181. The Morgan fingerprint density at radius 1 is 1.55 bits per heavy atom. The number of hydrogen-bond acceptors (Lipinski definition) is 5. The number of thiazole rings is 1. The van der Waals surface area contributed by atoms with E-state index in [1.54, 1.807) is 17.5 Å². The second-order valence-corrected chi connectivity index (χ2v) is 5.81. The van der Waals surface area contributed by atoms with Gasteiger partial charge in [-0.1, -0.05) is 17.7 Å². The van der Waals surface area contributed by atoms with Crippen LogP contribution in [0.25, 0.3) is 0 Å². The summed E-state index contributed by atoms with van der Waals surface area (Å²) < 4.78 is 5.67. The molecule has 3 N–H and O–H groups in total. The highest BCUT2D eigenvalue weighted by atomic mass is 35.5. The minimum Gasteiger partial charge on any atom is -0.489 e. The number of carbonyl (C=O) groups excluding carboxylic acids is 1. The molecule has 0 aliphatic carbocycles. The molecule has 2 aromatic rings. The number of hydrogen-bond donors (Lipinski definition) is 2. The van der Waals surface area contributed by atoms with Crippen molar-refractivity contribution >= 4 is 41.3 Å². The largest absolute Gasteiger partial charge is 0.489 e. The molecule has 120 valence electrons. The highest BCUT2D eigenvalue weighted by Gasteiger charge is 2.12. The lowest BCUT2D eigenvalue weighted by Crippen LogP contribution is -2.33. The Balaban J connectivity index is 0.00000242. The van der Waals surface area contributed by atoms with Gasteiger partial charge in [0, 0.05) is 16.9 Å². The standard InChI is InChI=1S/C14H16ClN3O2S.ClH/c1-9(20-11-4-2-3-10(15)5-11)7-17-14(19)12-8-21-13(6-16)18-12;/h2-5,8-9H,6-7,16H2,1H3,(H,17,19);1H. The predicted molar refractivity (Wildman–Crippen MR) is 91.1 cm³/mol. The molecule has 2 rings (SSSR count). The highest BCUT2D eigenvalue weighted by molar-refractivity contribution is 7.09. The van der Waals surface area contributed by atoms with Gasteiger partial charge in [-0.15, -0.1) is 23.7 Å². The van der Waals surface area contributed by atoms with Gasteiger partial charge in [0.1, 0.15) is 22.6 Å². The molecule has 0 fully saturated rings. The van der Waals surface area contributed by atoms with Gasteiger partial charge in [-0.3, -0.25) is 4.79 Å². The van der Waals surface area contributed by atoms with Gasteiger partial charge in [0.25, 0.3) is 5.91 Å². The van der Waals surface area contributed by atoms with Crippen LogP contribution < -0.4 is 15.8 Å². The van der Waals surface area contributed by atoms with Gasteiger partial charge in [-0.05, 0) is 25.1 Å². The number of amides is 1. The Kier molecular flexibility index (Phi) is 7.61. The van der Waals surface area contributed by atoms with Crippen LogP contribution in [-0.2, 0) is 6.54 Å². The fourth-order valence-electron chi connectivity index (χ4n) is 1.65. The summed E-state index contributed by atoms with van der Waals surface area (Å²) in [5.41, 5.74) is 5.85. The Labute approximate surface area is 144 Å². The van der Waals surface area contributed by atoms with Crippen LogP contribution in [0, 0.1) is 0 Å². The Bertz CT molecular complexity index is 622. The summed E-state index contributed by atoms with van der Waals surface area (Å²) in [6, 6.07) is 7.14. The molecule has 5 nitrogen and oxygen atoms in total. The van der Waals surface area contributed by atoms with Gasteiger partial charge in [-0.25, -0.2) is 4.98 Å². The molecule has 0 bridgehead atoms. The van der Waals surface area contributed by atoms with E-state index in [2.05, 4.69) is 10.3 Å². The van der Waals surface area contributed by atoms with Crippen LogP contribution in [0.2, 0.25) is 5.02 Å². The van der Waals surface area contributed by atoms with Gasteiger partial charge >= 0.3 is 0 Å². The minimum atomic E-state index is -0.229.